The van der Waals surface area contributed by atoms with Crippen molar-refractivity contribution in [2.45, 2.75) is 32.7 Å². The van der Waals surface area contributed by atoms with E-state index in [1.54, 1.807) is 6.07 Å². The maximum Gasteiger partial charge on any atom is 0.127 e. The molecule has 1 heterocycles. The molecule has 1 aromatic carbocycles. The molecule has 0 radical (unpaired) electrons. The molecule has 6 heteroatoms. The van der Waals surface area contributed by atoms with Gasteiger partial charge in [0.2, 0.25) is 0 Å². The Kier molecular flexibility index (Phi) is 5.13. The molecule has 1 atom stereocenters. The second kappa shape index (κ2) is 6.68. The fourth-order valence-corrected chi connectivity index (χ4v) is 2.84. The lowest BCUT2D eigenvalue weighted by atomic mass is 9.98. The monoisotopic (exact) mass is 354 g/mol. The molecule has 2 aromatic rings. The summed E-state index contributed by atoms with van der Waals surface area (Å²) in [6, 6.07) is 5.06. The van der Waals surface area contributed by atoms with E-state index in [-0.39, 0.29) is 11.9 Å². The highest BCUT2D eigenvalue weighted by Crippen LogP contribution is 2.19. The van der Waals surface area contributed by atoms with Crippen LogP contribution in [0.2, 0.25) is 0 Å². The summed E-state index contributed by atoms with van der Waals surface area (Å²) < 4.78 is 16.5. The molecule has 0 aliphatic carbocycles. The average molecular weight is 355 g/mol. The first-order chi connectivity index (χ1) is 9.92. The van der Waals surface area contributed by atoms with Crippen LogP contribution in [0.4, 0.5) is 4.39 Å². The summed E-state index contributed by atoms with van der Waals surface area (Å²) in [6.07, 6.45) is 1.25. The van der Waals surface area contributed by atoms with Crippen molar-refractivity contribution in [3.63, 3.8) is 0 Å². The largest absolute Gasteiger partial charge is 0.272 e. The van der Waals surface area contributed by atoms with Crippen molar-refractivity contribution >= 4 is 15.9 Å². The van der Waals surface area contributed by atoms with Gasteiger partial charge in [0.1, 0.15) is 5.82 Å². The van der Waals surface area contributed by atoms with E-state index in [1.165, 1.54) is 6.07 Å². The summed E-state index contributed by atoms with van der Waals surface area (Å²) in [5, 5.41) is 4.40. The molecular formula is C15H20BrFN4. The number of nitrogens with two attached hydrogens (primary N) is 1. The van der Waals surface area contributed by atoms with Crippen LogP contribution in [0.5, 0.6) is 0 Å². The van der Waals surface area contributed by atoms with Gasteiger partial charge in [-0.1, -0.05) is 22.0 Å². The average Bonchev–Trinajstić information content (AvgIpc) is 2.67. The molecule has 4 nitrogen and oxygen atoms in total. The summed E-state index contributed by atoms with van der Waals surface area (Å²) >= 11 is 3.26. The molecule has 0 aliphatic heterocycles. The molecule has 0 amide bonds. The number of rotatable bonds is 5. The Morgan fingerprint density at radius 3 is 2.62 bits per heavy atom. The van der Waals surface area contributed by atoms with Gasteiger partial charge in [-0.15, -0.1) is 0 Å². The molecular weight excluding hydrogens is 335 g/mol. The summed E-state index contributed by atoms with van der Waals surface area (Å²) in [4.78, 5) is 0. The van der Waals surface area contributed by atoms with Crippen molar-refractivity contribution in [2.75, 3.05) is 0 Å². The second-order valence-corrected chi connectivity index (χ2v) is 6.20. The molecule has 0 saturated heterocycles. The van der Waals surface area contributed by atoms with Gasteiger partial charge < -0.3 is 0 Å². The van der Waals surface area contributed by atoms with Crippen molar-refractivity contribution in [2.24, 2.45) is 12.9 Å². The van der Waals surface area contributed by atoms with Gasteiger partial charge in [-0.05, 0) is 49.9 Å². The molecule has 3 N–H and O–H groups in total. The van der Waals surface area contributed by atoms with Crippen LogP contribution in [0.15, 0.2) is 22.7 Å². The summed E-state index contributed by atoms with van der Waals surface area (Å²) in [7, 11) is 1.92. The zero-order valence-electron chi connectivity index (χ0n) is 12.5. The Hall–Kier alpha value is -1.24. The standard InChI is InChI=1S/C15H20BrFN4/c1-9-14(10(2)21(3)20-9)8-13(19-18)6-11-4-5-12(16)7-15(11)17/h4-5,7,13,19H,6,8,18H2,1-3H3. The molecule has 0 aliphatic rings. The first kappa shape index (κ1) is 16.1. The van der Waals surface area contributed by atoms with E-state index in [2.05, 4.69) is 26.5 Å². The fourth-order valence-electron chi connectivity index (χ4n) is 2.50. The van der Waals surface area contributed by atoms with Gasteiger partial charge in [-0.25, -0.2) is 4.39 Å². The molecule has 1 aromatic heterocycles. The van der Waals surface area contributed by atoms with Crippen LogP contribution in [0, 0.1) is 19.7 Å². The number of benzene rings is 1. The van der Waals surface area contributed by atoms with Crippen LogP contribution in [0.25, 0.3) is 0 Å². The normalized spacial score (nSPS) is 12.7. The van der Waals surface area contributed by atoms with Crippen molar-refractivity contribution in [3.8, 4) is 0 Å². The topological polar surface area (TPSA) is 55.9 Å². The van der Waals surface area contributed by atoms with Crippen LogP contribution in [-0.2, 0) is 19.9 Å². The third-order valence-electron chi connectivity index (χ3n) is 3.83. The van der Waals surface area contributed by atoms with Gasteiger partial charge in [0.25, 0.3) is 0 Å². The van der Waals surface area contributed by atoms with E-state index in [4.69, 9.17) is 5.84 Å². The van der Waals surface area contributed by atoms with Gasteiger partial charge in [-0.2, -0.15) is 5.10 Å². The minimum Gasteiger partial charge on any atom is -0.272 e. The van der Waals surface area contributed by atoms with Crippen LogP contribution in [0.3, 0.4) is 0 Å². The van der Waals surface area contributed by atoms with Crippen molar-refractivity contribution in [3.05, 3.63) is 51.0 Å². The first-order valence-corrected chi connectivity index (χ1v) is 7.60. The number of halogens is 2. The van der Waals surface area contributed by atoms with Crippen molar-refractivity contribution in [1.29, 1.82) is 0 Å². The number of nitrogens with one attached hydrogen (secondary N) is 1. The molecule has 0 saturated carbocycles. The van der Waals surface area contributed by atoms with E-state index in [0.29, 0.717) is 12.0 Å². The third-order valence-corrected chi connectivity index (χ3v) is 4.32. The number of hydrogen-bond acceptors (Lipinski definition) is 3. The van der Waals surface area contributed by atoms with E-state index >= 15 is 0 Å². The SMILES string of the molecule is Cc1nn(C)c(C)c1CC(Cc1ccc(Br)cc1F)NN. The maximum absolute atomic E-state index is 13.9. The van der Waals surface area contributed by atoms with Gasteiger partial charge >= 0.3 is 0 Å². The number of hydrogen-bond donors (Lipinski definition) is 2. The van der Waals surface area contributed by atoms with Crippen LogP contribution >= 0.6 is 15.9 Å². The lowest BCUT2D eigenvalue weighted by molar-refractivity contribution is 0.504. The van der Waals surface area contributed by atoms with E-state index in [0.717, 1.165) is 27.8 Å². The molecule has 114 valence electrons. The minimum atomic E-state index is -0.218. The Morgan fingerprint density at radius 2 is 2.10 bits per heavy atom. The highest BCUT2D eigenvalue weighted by molar-refractivity contribution is 9.10. The lowest BCUT2D eigenvalue weighted by Crippen LogP contribution is -2.38. The summed E-state index contributed by atoms with van der Waals surface area (Å²) in [5.41, 5.74) is 6.71. The Bertz CT molecular complexity index is 639. The molecule has 0 fully saturated rings. The van der Waals surface area contributed by atoms with Crippen molar-refractivity contribution < 1.29 is 4.39 Å². The smallest absolute Gasteiger partial charge is 0.127 e. The highest BCUT2D eigenvalue weighted by atomic mass is 79.9. The van der Waals surface area contributed by atoms with E-state index < -0.39 is 0 Å². The predicted octanol–water partition coefficient (Wildman–Crippen LogP) is 2.56. The summed E-state index contributed by atoms with van der Waals surface area (Å²) in [5.74, 6) is 5.43. The van der Waals surface area contributed by atoms with E-state index in [9.17, 15) is 4.39 Å². The van der Waals surface area contributed by atoms with Gasteiger partial charge in [0.05, 0.1) is 5.69 Å². The van der Waals surface area contributed by atoms with Gasteiger partial charge in [-0.3, -0.25) is 16.0 Å². The number of hydrazine groups is 1. The maximum atomic E-state index is 13.9. The molecule has 0 bridgehead atoms. The van der Waals surface area contributed by atoms with Crippen molar-refractivity contribution in [1.82, 2.24) is 15.2 Å². The Morgan fingerprint density at radius 1 is 1.38 bits per heavy atom. The van der Waals surface area contributed by atoms with Gasteiger partial charge in [0, 0.05) is 23.3 Å². The van der Waals surface area contributed by atoms with Crippen LogP contribution in [0.1, 0.15) is 22.5 Å². The quantitative estimate of drug-likeness (QED) is 0.640. The zero-order valence-corrected chi connectivity index (χ0v) is 14.0. The molecule has 1 unspecified atom stereocenters. The number of nitrogens with zero attached hydrogens (tertiary/aromatic N) is 2. The number of aryl methyl sites for hydroxylation is 2. The predicted molar refractivity (Wildman–Crippen MR) is 85.3 cm³/mol. The second-order valence-electron chi connectivity index (χ2n) is 5.28. The third kappa shape index (κ3) is 3.70. The fraction of sp³-hybridized carbons (Fsp3) is 0.400. The molecule has 21 heavy (non-hydrogen) atoms. The van der Waals surface area contributed by atoms with E-state index in [1.807, 2.05) is 31.6 Å². The van der Waals surface area contributed by atoms with Gasteiger partial charge in [0.15, 0.2) is 0 Å². The van der Waals surface area contributed by atoms with Crippen LogP contribution in [-0.4, -0.2) is 15.8 Å². The van der Waals surface area contributed by atoms with Crippen LogP contribution < -0.4 is 11.3 Å². The lowest BCUT2D eigenvalue weighted by Gasteiger charge is -2.17. The first-order valence-electron chi connectivity index (χ1n) is 6.81. The Labute approximate surface area is 132 Å². The Balaban J connectivity index is 2.17. The summed E-state index contributed by atoms with van der Waals surface area (Å²) in [6.45, 7) is 4.01. The zero-order chi connectivity index (χ0) is 15.6. The molecule has 2 rings (SSSR count). The highest BCUT2D eigenvalue weighted by Gasteiger charge is 2.17. The molecule has 0 spiro atoms. The number of aromatic nitrogens is 2. The minimum absolute atomic E-state index is 0.0396.